The lowest BCUT2D eigenvalue weighted by Crippen LogP contribution is -2.38. The van der Waals surface area contributed by atoms with Gasteiger partial charge in [0.15, 0.2) is 0 Å². The predicted molar refractivity (Wildman–Crippen MR) is 147 cm³/mol. The number of fused-ring (bicyclic) bond motifs is 1. The van der Waals surface area contributed by atoms with E-state index in [0.717, 1.165) is 59.3 Å². The van der Waals surface area contributed by atoms with Crippen LogP contribution in [0.1, 0.15) is 42.1 Å². The molecule has 38 heavy (non-hydrogen) atoms. The van der Waals surface area contributed by atoms with E-state index in [0.29, 0.717) is 11.4 Å². The van der Waals surface area contributed by atoms with Gasteiger partial charge in [-0.25, -0.2) is 9.97 Å². The van der Waals surface area contributed by atoms with Crippen molar-refractivity contribution in [2.24, 2.45) is 0 Å². The van der Waals surface area contributed by atoms with Gasteiger partial charge >= 0.3 is 0 Å². The molecular formula is C30H28N6O2. The number of aromatic nitrogens is 4. The fourth-order valence-corrected chi connectivity index (χ4v) is 5.20. The number of nitrogens with zero attached hydrogens (tertiary/aromatic N) is 4. The molecule has 8 heteroatoms. The number of nitrogens with two attached hydrogens (primary N) is 1. The number of hydrogen-bond acceptors (Lipinski definition) is 6. The molecule has 3 heterocycles. The number of anilines is 1. The molecule has 5 aromatic rings. The van der Waals surface area contributed by atoms with Crippen molar-refractivity contribution >= 4 is 22.8 Å². The zero-order valence-electron chi connectivity index (χ0n) is 20.8. The number of nitrogen functional groups attached to an aromatic ring is 1. The number of carbonyl (C=O) groups is 1. The third-order valence-electron chi connectivity index (χ3n) is 7.13. The SMILES string of the molecule is Nc1ncnc2c1c(-c1ccc(Oc3ccccc3)cc1)cn2C1CCC(NC(=O)c2cccnc2)CC1. The molecule has 1 aliphatic carbocycles. The molecule has 3 aromatic heterocycles. The van der Waals surface area contributed by atoms with E-state index in [-0.39, 0.29) is 18.0 Å². The number of nitrogens with one attached hydrogen (secondary N) is 1. The lowest BCUT2D eigenvalue weighted by molar-refractivity contribution is 0.0922. The second-order valence-electron chi connectivity index (χ2n) is 9.57. The van der Waals surface area contributed by atoms with E-state index in [2.05, 4.69) is 31.0 Å². The molecule has 0 spiro atoms. The van der Waals surface area contributed by atoms with Crippen LogP contribution in [0.2, 0.25) is 0 Å². The van der Waals surface area contributed by atoms with Crippen molar-refractivity contribution in [2.45, 2.75) is 37.8 Å². The third-order valence-corrected chi connectivity index (χ3v) is 7.13. The molecule has 0 saturated heterocycles. The molecule has 0 bridgehead atoms. The molecular weight excluding hydrogens is 476 g/mol. The third kappa shape index (κ3) is 4.80. The smallest absolute Gasteiger partial charge is 0.253 e. The van der Waals surface area contributed by atoms with Gasteiger partial charge in [-0.2, -0.15) is 0 Å². The quantitative estimate of drug-likeness (QED) is 0.303. The molecule has 1 saturated carbocycles. The van der Waals surface area contributed by atoms with E-state index < -0.39 is 0 Å². The topological polar surface area (TPSA) is 108 Å². The first-order valence-corrected chi connectivity index (χ1v) is 12.8. The number of rotatable bonds is 6. The molecule has 2 aromatic carbocycles. The lowest BCUT2D eigenvalue weighted by atomic mass is 9.91. The second kappa shape index (κ2) is 10.3. The number of pyridine rings is 1. The Morgan fingerprint density at radius 2 is 1.68 bits per heavy atom. The summed E-state index contributed by atoms with van der Waals surface area (Å²) in [5, 5.41) is 4.02. The van der Waals surface area contributed by atoms with Crippen LogP contribution in [0.5, 0.6) is 11.5 Å². The minimum Gasteiger partial charge on any atom is -0.457 e. The van der Waals surface area contributed by atoms with Gasteiger partial charge in [-0.3, -0.25) is 9.78 Å². The minimum atomic E-state index is -0.0737. The number of benzene rings is 2. The number of ether oxygens (including phenoxy) is 1. The van der Waals surface area contributed by atoms with Crippen molar-refractivity contribution in [3.63, 3.8) is 0 Å². The van der Waals surface area contributed by atoms with Gasteiger partial charge in [-0.1, -0.05) is 30.3 Å². The summed E-state index contributed by atoms with van der Waals surface area (Å²) in [6.45, 7) is 0. The van der Waals surface area contributed by atoms with E-state index in [1.54, 1.807) is 24.5 Å². The minimum absolute atomic E-state index is 0.0737. The Bertz CT molecular complexity index is 1540. The van der Waals surface area contributed by atoms with Crippen LogP contribution >= 0.6 is 0 Å². The monoisotopic (exact) mass is 504 g/mol. The Kier molecular flexibility index (Phi) is 6.44. The number of para-hydroxylation sites is 1. The van der Waals surface area contributed by atoms with E-state index in [1.807, 2.05) is 54.6 Å². The van der Waals surface area contributed by atoms with Crippen LogP contribution in [0.15, 0.2) is 91.6 Å². The van der Waals surface area contributed by atoms with Crippen molar-refractivity contribution in [1.82, 2.24) is 24.8 Å². The first kappa shape index (κ1) is 23.7. The van der Waals surface area contributed by atoms with Gasteiger partial charge in [-0.05, 0) is 67.6 Å². The summed E-state index contributed by atoms with van der Waals surface area (Å²) in [6, 6.07) is 21.7. The highest BCUT2D eigenvalue weighted by Crippen LogP contribution is 2.38. The Hall–Kier alpha value is -4.72. The summed E-state index contributed by atoms with van der Waals surface area (Å²) < 4.78 is 8.19. The second-order valence-corrected chi connectivity index (χ2v) is 9.57. The molecule has 8 nitrogen and oxygen atoms in total. The highest BCUT2D eigenvalue weighted by Gasteiger charge is 2.26. The molecule has 0 aliphatic heterocycles. The first-order valence-electron chi connectivity index (χ1n) is 12.8. The number of hydrogen-bond donors (Lipinski definition) is 2. The zero-order chi connectivity index (χ0) is 25.9. The average molecular weight is 505 g/mol. The maximum atomic E-state index is 12.6. The van der Waals surface area contributed by atoms with Gasteiger partial charge in [0.2, 0.25) is 0 Å². The highest BCUT2D eigenvalue weighted by atomic mass is 16.5. The largest absolute Gasteiger partial charge is 0.457 e. The molecule has 1 fully saturated rings. The number of amides is 1. The van der Waals surface area contributed by atoms with E-state index in [9.17, 15) is 4.79 Å². The molecule has 190 valence electrons. The van der Waals surface area contributed by atoms with Crippen LogP contribution < -0.4 is 15.8 Å². The summed E-state index contributed by atoms with van der Waals surface area (Å²) in [7, 11) is 0. The Morgan fingerprint density at radius 1 is 0.921 bits per heavy atom. The van der Waals surface area contributed by atoms with Crippen molar-refractivity contribution in [1.29, 1.82) is 0 Å². The summed E-state index contributed by atoms with van der Waals surface area (Å²) in [5.74, 6) is 1.95. The first-order chi connectivity index (χ1) is 18.7. The maximum absolute atomic E-state index is 12.6. The average Bonchev–Trinajstić information content (AvgIpc) is 3.36. The Balaban J connectivity index is 1.21. The standard InChI is InChI=1S/C30H28N6O2/c31-28-27-26(20-8-14-25(15-9-20)38-24-6-2-1-3-7-24)18-36(29(27)34-19-33-28)23-12-10-22(11-13-23)35-30(37)21-5-4-16-32-17-21/h1-9,14-19,22-23H,10-13H2,(H,35,37)(H2,31,33,34). The van der Waals surface area contributed by atoms with Crippen LogP contribution in [-0.2, 0) is 0 Å². The normalized spacial score (nSPS) is 17.3. The van der Waals surface area contributed by atoms with Gasteiger partial charge in [0.25, 0.3) is 5.91 Å². The Labute approximate surface area is 220 Å². The fraction of sp³-hybridized carbons (Fsp3) is 0.200. The zero-order valence-corrected chi connectivity index (χ0v) is 20.8. The van der Waals surface area contributed by atoms with E-state index in [1.165, 1.54) is 6.33 Å². The highest BCUT2D eigenvalue weighted by molar-refractivity contribution is 6.00. The molecule has 0 radical (unpaired) electrons. The Morgan fingerprint density at radius 3 is 2.42 bits per heavy atom. The summed E-state index contributed by atoms with van der Waals surface area (Å²) in [6.07, 6.45) is 10.6. The lowest BCUT2D eigenvalue weighted by Gasteiger charge is -2.30. The van der Waals surface area contributed by atoms with Crippen LogP contribution in [0.3, 0.4) is 0 Å². The predicted octanol–water partition coefficient (Wildman–Crippen LogP) is 5.78. The van der Waals surface area contributed by atoms with Gasteiger partial charge < -0.3 is 20.4 Å². The van der Waals surface area contributed by atoms with Crippen LogP contribution in [0.4, 0.5) is 5.82 Å². The summed E-state index contributed by atoms with van der Waals surface area (Å²) >= 11 is 0. The molecule has 1 amide bonds. The molecule has 0 unspecified atom stereocenters. The molecule has 1 aliphatic rings. The molecule has 0 atom stereocenters. The fourth-order valence-electron chi connectivity index (χ4n) is 5.20. The van der Waals surface area contributed by atoms with Crippen molar-refractivity contribution in [3.8, 4) is 22.6 Å². The van der Waals surface area contributed by atoms with Crippen molar-refractivity contribution in [2.75, 3.05) is 5.73 Å². The summed E-state index contributed by atoms with van der Waals surface area (Å²) in [4.78, 5) is 25.5. The van der Waals surface area contributed by atoms with Gasteiger partial charge in [0, 0.05) is 36.2 Å². The van der Waals surface area contributed by atoms with Gasteiger partial charge in [0.1, 0.15) is 29.3 Å². The van der Waals surface area contributed by atoms with Gasteiger partial charge in [0.05, 0.1) is 10.9 Å². The van der Waals surface area contributed by atoms with Crippen LogP contribution in [0, 0.1) is 0 Å². The van der Waals surface area contributed by atoms with E-state index >= 15 is 0 Å². The maximum Gasteiger partial charge on any atom is 0.253 e. The number of carbonyl (C=O) groups excluding carboxylic acids is 1. The van der Waals surface area contributed by atoms with Crippen molar-refractivity contribution in [3.05, 3.63) is 97.2 Å². The van der Waals surface area contributed by atoms with Gasteiger partial charge in [-0.15, -0.1) is 0 Å². The molecule has 3 N–H and O–H groups in total. The van der Waals surface area contributed by atoms with Crippen molar-refractivity contribution < 1.29 is 9.53 Å². The van der Waals surface area contributed by atoms with Crippen LogP contribution in [0.25, 0.3) is 22.2 Å². The molecule has 6 rings (SSSR count). The van der Waals surface area contributed by atoms with Crippen LogP contribution in [-0.4, -0.2) is 31.5 Å². The van der Waals surface area contributed by atoms with E-state index in [4.69, 9.17) is 10.5 Å². The summed E-state index contributed by atoms with van der Waals surface area (Å²) in [5.41, 5.74) is 9.80.